The highest BCUT2D eigenvalue weighted by Gasteiger charge is 2.30. The fourth-order valence-electron chi connectivity index (χ4n) is 2.80. The summed E-state index contributed by atoms with van der Waals surface area (Å²) in [7, 11) is 0. The zero-order valence-electron chi connectivity index (χ0n) is 13.2. The van der Waals surface area contributed by atoms with Gasteiger partial charge < -0.3 is 14.9 Å². The number of ether oxygens (including phenoxy) is 2. The number of fused-ring (bicyclic) bond motifs is 1. The van der Waals surface area contributed by atoms with Crippen molar-refractivity contribution < 1.29 is 19.1 Å². The number of rotatable bonds is 3. The Hall–Kier alpha value is -2.50. The van der Waals surface area contributed by atoms with Crippen molar-refractivity contribution in [2.45, 2.75) is 32.8 Å². The number of amides is 1. The van der Waals surface area contributed by atoms with Gasteiger partial charge in [0, 0.05) is 18.2 Å². The predicted molar refractivity (Wildman–Crippen MR) is 83.7 cm³/mol. The molecule has 23 heavy (non-hydrogen) atoms. The lowest BCUT2D eigenvalue weighted by molar-refractivity contribution is -0.131. The van der Waals surface area contributed by atoms with Crippen LogP contribution in [0.3, 0.4) is 0 Å². The molecule has 1 aliphatic heterocycles. The van der Waals surface area contributed by atoms with Gasteiger partial charge in [0.25, 0.3) is 5.91 Å². The molecule has 1 aromatic carbocycles. The molecule has 1 heterocycles. The maximum Gasteiger partial charge on any atom is 0.282 e. The molecule has 0 unspecified atom stereocenters. The number of hydrazine groups is 1. The molecule has 0 bridgehead atoms. The van der Waals surface area contributed by atoms with Crippen LogP contribution < -0.4 is 20.3 Å². The molecule has 122 valence electrons. The first kappa shape index (κ1) is 15.4. The molecule has 1 aliphatic carbocycles. The van der Waals surface area contributed by atoms with E-state index in [0.29, 0.717) is 30.0 Å². The van der Waals surface area contributed by atoms with Gasteiger partial charge in [0.1, 0.15) is 6.61 Å². The molecule has 0 radical (unpaired) electrons. The highest BCUT2D eigenvalue weighted by Crippen LogP contribution is 2.32. The summed E-state index contributed by atoms with van der Waals surface area (Å²) in [5.41, 5.74) is 6.03. The van der Waals surface area contributed by atoms with Crippen LogP contribution in [0.5, 0.6) is 11.5 Å². The van der Waals surface area contributed by atoms with E-state index < -0.39 is 6.10 Å². The van der Waals surface area contributed by atoms with Gasteiger partial charge in [-0.05, 0) is 24.0 Å². The normalized spacial score (nSPS) is 22.1. The lowest BCUT2D eigenvalue weighted by atomic mass is 9.79. The number of nitrogens with one attached hydrogen (secondary N) is 2. The van der Waals surface area contributed by atoms with Gasteiger partial charge in [0.15, 0.2) is 17.3 Å². The van der Waals surface area contributed by atoms with Crippen LogP contribution in [0, 0.1) is 5.41 Å². The second-order valence-electron chi connectivity index (χ2n) is 6.63. The Labute approximate surface area is 134 Å². The van der Waals surface area contributed by atoms with Crippen LogP contribution in [0.25, 0.3) is 0 Å². The van der Waals surface area contributed by atoms with Crippen LogP contribution in [0.2, 0.25) is 0 Å². The quantitative estimate of drug-likeness (QED) is 0.830. The number of carbonyl (C=O) groups excluding carboxylic acids is 2. The van der Waals surface area contributed by atoms with Crippen LogP contribution >= 0.6 is 0 Å². The van der Waals surface area contributed by atoms with E-state index in [-0.39, 0.29) is 23.7 Å². The lowest BCUT2D eigenvalue weighted by Gasteiger charge is -2.30. The smallest absolute Gasteiger partial charge is 0.282 e. The highest BCUT2D eigenvalue weighted by molar-refractivity contribution is 5.91. The average Bonchev–Trinajstić information content (AvgIpc) is 2.50. The number of hydrogen-bond acceptors (Lipinski definition) is 5. The predicted octanol–water partition coefficient (Wildman–Crippen LogP) is 1.72. The van der Waals surface area contributed by atoms with Crippen LogP contribution in [-0.4, -0.2) is 24.4 Å². The Morgan fingerprint density at radius 1 is 1.22 bits per heavy atom. The minimum atomic E-state index is -0.731. The van der Waals surface area contributed by atoms with E-state index in [1.165, 1.54) is 0 Å². The molecule has 0 saturated carbocycles. The topological polar surface area (TPSA) is 76.7 Å². The summed E-state index contributed by atoms with van der Waals surface area (Å²) in [6.45, 7) is 4.20. The third kappa shape index (κ3) is 3.64. The minimum Gasteiger partial charge on any atom is -0.485 e. The number of para-hydroxylation sites is 2. The molecule has 1 atom stereocenters. The molecule has 1 aromatic rings. The number of benzene rings is 1. The van der Waals surface area contributed by atoms with Crippen molar-refractivity contribution in [3.05, 3.63) is 36.0 Å². The summed E-state index contributed by atoms with van der Waals surface area (Å²) >= 11 is 0. The maximum absolute atomic E-state index is 12.2. The summed E-state index contributed by atoms with van der Waals surface area (Å²) in [5.74, 6) is 0.902. The van der Waals surface area contributed by atoms with Crippen molar-refractivity contribution in [3.63, 3.8) is 0 Å². The average molecular weight is 316 g/mol. The zero-order valence-corrected chi connectivity index (χ0v) is 13.2. The summed E-state index contributed by atoms with van der Waals surface area (Å²) in [6.07, 6.45) is 2.02. The molecule has 6 nitrogen and oxygen atoms in total. The van der Waals surface area contributed by atoms with Gasteiger partial charge in [-0.3, -0.25) is 15.0 Å². The minimum absolute atomic E-state index is 0.0594. The zero-order chi connectivity index (χ0) is 16.4. The maximum atomic E-state index is 12.2. The number of allylic oxidation sites excluding steroid dienone is 2. The molecule has 2 N–H and O–H groups in total. The van der Waals surface area contributed by atoms with Crippen LogP contribution in [-0.2, 0) is 9.59 Å². The number of ketones is 1. The van der Waals surface area contributed by atoms with Crippen molar-refractivity contribution >= 4 is 11.7 Å². The summed E-state index contributed by atoms with van der Waals surface area (Å²) in [5, 5.41) is 0. The molecule has 6 heteroatoms. The van der Waals surface area contributed by atoms with Crippen molar-refractivity contribution in [3.8, 4) is 11.5 Å². The third-order valence-corrected chi connectivity index (χ3v) is 3.80. The van der Waals surface area contributed by atoms with E-state index >= 15 is 0 Å². The van der Waals surface area contributed by atoms with Crippen LogP contribution in [0.15, 0.2) is 36.0 Å². The van der Waals surface area contributed by atoms with E-state index in [9.17, 15) is 9.59 Å². The molecule has 3 rings (SSSR count). The Balaban J connectivity index is 1.57. The van der Waals surface area contributed by atoms with Gasteiger partial charge in [-0.25, -0.2) is 0 Å². The molecular formula is C17H20N2O4. The number of carbonyl (C=O) groups is 2. The molecular weight excluding hydrogens is 296 g/mol. The molecule has 0 saturated heterocycles. The van der Waals surface area contributed by atoms with E-state index in [1.54, 1.807) is 18.2 Å². The Bertz CT molecular complexity index is 666. The number of hydrogen-bond donors (Lipinski definition) is 2. The lowest BCUT2D eigenvalue weighted by Crippen LogP contribution is -2.49. The van der Waals surface area contributed by atoms with E-state index in [0.717, 1.165) is 0 Å². The standard InChI is InChI=1S/C17H20N2O4/c1-17(2)8-11(7-12(20)9-17)18-19-16(21)15-10-22-13-5-3-4-6-14(13)23-15/h3-7,15,18H,8-10H2,1-2H3,(H,19,21)/t15-/m0/s1. The van der Waals surface area contributed by atoms with Gasteiger partial charge >= 0.3 is 0 Å². The first-order valence-corrected chi connectivity index (χ1v) is 7.61. The molecule has 2 aliphatic rings. The van der Waals surface area contributed by atoms with Crippen molar-refractivity contribution in [1.82, 2.24) is 10.9 Å². The summed E-state index contributed by atoms with van der Waals surface area (Å²) < 4.78 is 11.1. The van der Waals surface area contributed by atoms with Gasteiger partial charge in [-0.2, -0.15) is 0 Å². The summed E-state index contributed by atoms with van der Waals surface area (Å²) in [4.78, 5) is 23.9. The fourth-order valence-corrected chi connectivity index (χ4v) is 2.80. The highest BCUT2D eigenvalue weighted by atomic mass is 16.6. The summed E-state index contributed by atoms with van der Waals surface area (Å²) in [6, 6.07) is 7.22. The van der Waals surface area contributed by atoms with E-state index in [1.807, 2.05) is 26.0 Å². The Morgan fingerprint density at radius 3 is 2.70 bits per heavy atom. The van der Waals surface area contributed by atoms with Gasteiger partial charge in [0.2, 0.25) is 6.10 Å². The fraction of sp³-hybridized carbons (Fsp3) is 0.412. The Morgan fingerprint density at radius 2 is 1.96 bits per heavy atom. The van der Waals surface area contributed by atoms with Crippen molar-refractivity contribution in [2.75, 3.05) is 6.61 Å². The largest absolute Gasteiger partial charge is 0.485 e. The molecule has 0 fully saturated rings. The third-order valence-electron chi connectivity index (χ3n) is 3.80. The van der Waals surface area contributed by atoms with Crippen molar-refractivity contribution in [1.29, 1.82) is 0 Å². The van der Waals surface area contributed by atoms with E-state index in [4.69, 9.17) is 9.47 Å². The van der Waals surface area contributed by atoms with Gasteiger partial charge in [-0.1, -0.05) is 26.0 Å². The first-order valence-electron chi connectivity index (χ1n) is 7.61. The monoisotopic (exact) mass is 316 g/mol. The second kappa shape index (κ2) is 5.95. The SMILES string of the molecule is CC1(C)CC(=O)C=C(NNC(=O)[C@@H]2COc3ccccc3O2)C1. The second-order valence-corrected chi connectivity index (χ2v) is 6.63. The molecule has 0 spiro atoms. The van der Waals surface area contributed by atoms with E-state index in [2.05, 4.69) is 10.9 Å². The van der Waals surface area contributed by atoms with Crippen LogP contribution in [0.1, 0.15) is 26.7 Å². The van der Waals surface area contributed by atoms with Crippen molar-refractivity contribution in [2.24, 2.45) is 5.41 Å². The molecule has 0 aromatic heterocycles. The van der Waals surface area contributed by atoms with Gasteiger partial charge in [0.05, 0.1) is 0 Å². The first-order chi connectivity index (χ1) is 10.9. The van der Waals surface area contributed by atoms with Gasteiger partial charge in [-0.15, -0.1) is 0 Å². The Kier molecular flexibility index (Phi) is 3.98. The van der Waals surface area contributed by atoms with Crippen LogP contribution in [0.4, 0.5) is 0 Å². The molecule has 1 amide bonds.